The van der Waals surface area contributed by atoms with Crippen LogP contribution in [-0.2, 0) is 9.26 Å². The maximum absolute atomic E-state index is 5.31. The molecule has 0 heterocycles. The largest absolute Gasteiger partial charge is 0.386 e. The van der Waals surface area contributed by atoms with E-state index in [1.54, 1.807) is 6.08 Å². The molecule has 1 unspecified atom stereocenters. The molecule has 0 aromatic carbocycles. The zero-order chi connectivity index (χ0) is 10.3. The quantitative estimate of drug-likeness (QED) is 0.215. The van der Waals surface area contributed by atoms with Gasteiger partial charge in [-0.15, -0.1) is 0 Å². The fourth-order valence-corrected chi connectivity index (χ4v) is 1.07. The van der Waals surface area contributed by atoms with Crippen LogP contribution in [0.5, 0.6) is 0 Å². The van der Waals surface area contributed by atoms with Crippen LogP contribution in [0.1, 0.15) is 20.8 Å². The third kappa shape index (κ3) is 5.60. The summed E-state index contributed by atoms with van der Waals surface area (Å²) in [6.07, 6.45) is 1.25. The third-order valence-corrected chi connectivity index (χ3v) is 2.32. The van der Waals surface area contributed by atoms with E-state index in [1.807, 2.05) is 13.5 Å². The SMILES string of the molecule is C=CC(ON=C(C)C(C)C)O[SiH2]C. The predicted molar refractivity (Wildman–Crippen MR) is 58.5 cm³/mol. The molecule has 0 N–H and O–H groups in total. The van der Waals surface area contributed by atoms with E-state index in [4.69, 9.17) is 9.26 Å². The van der Waals surface area contributed by atoms with E-state index < -0.39 is 9.76 Å². The molecule has 0 bridgehead atoms. The Morgan fingerprint density at radius 3 is 2.54 bits per heavy atom. The van der Waals surface area contributed by atoms with Crippen molar-refractivity contribution in [1.82, 2.24) is 0 Å². The maximum atomic E-state index is 5.31. The van der Waals surface area contributed by atoms with Crippen molar-refractivity contribution in [3.8, 4) is 0 Å². The van der Waals surface area contributed by atoms with Gasteiger partial charge in [0.05, 0.1) is 5.71 Å². The van der Waals surface area contributed by atoms with E-state index in [0.717, 1.165) is 5.71 Å². The molecule has 1 atom stereocenters. The van der Waals surface area contributed by atoms with Gasteiger partial charge in [0.2, 0.25) is 6.29 Å². The highest BCUT2D eigenvalue weighted by molar-refractivity contribution is 6.24. The van der Waals surface area contributed by atoms with E-state index in [-0.39, 0.29) is 6.29 Å². The first kappa shape index (κ1) is 12.4. The normalized spacial score (nSPS) is 15.3. The molecule has 0 rings (SSSR count). The summed E-state index contributed by atoms with van der Waals surface area (Å²) < 4.78 is 5.31. The van der Waals surface area contributed by atoms with Gasteiger partial charge in [-0.05, 0) is 18.9 Å². The molecule has 0 amide bonds. The summed E-state index contributed by atoms with van der Waals surface area (Å²) in [5.41, 5.74) is 0.966. The zero-order valence-corrected chi connectivity index (χ0v) is 10.3. The van der Waals surface area contributed by atoms with Crippen LogP contribution >= 0.6 is 0 Å². The Hall–Kier alpha value is -0.613. The van der Waals surface area contributed by atoms with Gasteiger partial charge in [-0.2, -0.15) is 0 Å². The molecule has 0 radical (unpaired) electrons. The molecule has 0 fully saturated rings. The van der Waals surface area contributed by atoms with E-state index in [9.17, 15) is 0 Å². The summed E-state index contributed by atoms with van der Waals surface area (Å²) in [7, 11) is -0.474. The molecule has 0 aromatic rings. The standard InChI is InChI=1S/C9H19NO2Si/c1-6-9(12-13-5)11-10-8(4)7(2)3/h6-7,9H,1,13H2,2-5H3. The Bertz CT molecular complexity index is 180. The van der Waals surface area contributed by atoms with Crippen molar-refractivity contribution >= 4 is 15.5 Å². The second kappa shape index (κ2) is 6.86. The van der Waals surface area contributed by atoms with Gasteiger partial charge in [0, 0.05) is 0 Å². The number of nitrogens with zero attached hydrogens (tertiary/aromatic N) is 1. The molecule has 0 aliphatic carbocycles. The number of rotatable bonds is 6. The molecule has 13 heavy (non-hydrogen) atoms. The Balaban J connectivity index is 3.95. The van der Waals surface area contributed by atoms with Gasteiger partial charge in [-0.1, -0.05) is 32.1 Å². The lowest BCUT2D eigenvalue weighted by Gasteiger charge is -2.11. The van der Waals surface area contributed by atoms with Crippen molar-refractivity contribution in [3.05, 3.63) is 12.7 Å². The molecule has 0 spiro atoms. The first-order chi connectivity index (χ1) is 6.11. The zero-order valence-electron chi connectivity index (χ0n) is 8.91. The highest BCUT2D eigenvalue weighted by Crippen LogP contribution is 2.01. The highest BCUT2D eigenvalue weighted by atomic mass is 28.2. The van der Waals surface area contributed by atoms with Crippen molar-refractivity contribution in [3.63, 3.8) is 0 Å². The summed E-state index contributed by atoms with van der Waals surface area (Å²) >= 11 is 0. The van der Waals surface area contributed by atoms with Crippen molar-refractivity contribution in [2.45, 2.75) is 33.6 Å². The van der Waals surface area contributed by atoms with Gasteiger partial charge in [-0.3, -0.25) is 0 Å². The van der Waals surface area contributed by atoms with Crippen molar-refractivity contribution in [2.24, 2.45) is 11.1 Å². The van der Waals surface area contributed by atoms with E-state index in [0.29, 0.717) is 5.92 Å². The van der Waals surface area contributed by atoms with Crippen LogP contribution in [-0.4, -0.2) is 21.8 Å². The van der Waals surface area contributed by atoms with Crippen molar-refractivity contribution in [1.29, 1.82) is 0 Å². The molecule has 0 saturated carbocycles. The lowest BCUT2D eigenvalue weighted by molar-refractivity contribution is -0.0426. The average Bonchev–Trinajstić information content (AvgIpc) is 2.11. The Kier molecular flexibility index (Phi) is 6.53. The lowest BCUT2D eigenvalue weighted by atomic mass is 10.1. The van der Waals surface area contributed by atoms with Gasteiger partial charge in [-0.25, -0.2) is 0 Å². The summed E-state index contributed by atoms with van der Waals surface area (Å²) in [5.74, 6) is 0.407. The van der Waals surface area contributed by atoms with Crippen LogP contribution < -0.4 is 0 Å². The molecule has 0 aliphatic rings. The van der Waals surface area contributed by atoms with Gasteiger partial charge >= 0.3 is 0 Å². The minimum absolute atomic E-state index is 0.370. The van der Waals surface area contributed by atoms with Crippen LogP contribution in [0.2, 0.25) is 6.55 Å². The molecular formula is C9H19NO2Si. The molecule has 0 saturated heterocycles. The van der Waals surface area contributed by atoms with Crippen LogP contribution in [0, 0.1) is 5.92 Å². The third-order valence-electron chi connectivity index (χ3n) is 1.66. The summed E-state index contributed by atoms with van der Waals surface area (Å²) in [4.78, 5) is 5.14. The predicted octanol–water partition coefficient (Wildman–Crippen LogP) is 1.70. The van der Waals surface area contributed by atoms with Crippen LogP contribution in [0.25, 0.3) is 0 Å². The van der Waals surface area contributed by atoms with Gasteiger partial charge in [0.25, 0.3) is 0 Å². The van der Waals surface area contributed by atoms with Crippen molar-refractivity contribution in [2.75, 3.05) is 0 Å². The summed E-state index contributed by atoms with van der Waals surface area (Å²) in [6.45, 7) is 11.7. The Labute approximate surface area is 82.7 Å². The fourth-order valence-electron chi connectivity index (χ4n) is 0.546. The fraction of sp³-hybridized carbons (Fsp3) is 0.667. The van der Waals surface area contributed by atoms with Gasteiger partial charge in [0.15, 0.2) is 9.76 Å². The maximum Gasteiger partial charge on any atom is 0.236 e. The number of hydrogen-bond acceptors (Lipinski definition) is 3. The topological polar surface area (TPSA) is 30.8 Å². The molecule has 0 aromatic heterocycles. The minimum atomic E-state index is -0.474. The second-order valence-electron chi connectivity index (χ2n) is 3.05. The van der Waals surface area contributed by atoms with E-state index in [2.05, 4.69) is 25.6 Å². The second-order valence-corrected chi connectivity index (χ2v) is 3.96. The molecule has 3 nitrogen and oxygen atoms in total. The highest BCUT2D eigenvalue weighted by Gasteiger charge is 2.03. The van der Waals surface area contributed by atoms with Gasteiger partial charge in [0.1, 0.15) is 0 Å². The van der Waals surface area contributed by atoms with E-state index >= 15 is 0 Å². The molecular weight excluding hydrogens is 182 g/mol. The van der Waals surface area contributed by atoms with Crippen LogP contribution in [0.3, 0.4) is 0 Å². The smallest absolute Gasteiger partial charge is 0.236 e. The van der Waals surface area contributed by atoms with Crippen LogP contribution in [0.4, 0.5) is 0 Å². The first-order valence-corrected chi connectivity index (χ1v) is 6.55. The molecule has 4 heteroatoms. The number of oxime groups is 1. The van der Waals surface area contributed by atoms with Crippen molar-refractivity contribution < 1.29 is 9.26 Å². The number of hydrogen-bond donors (Lipinski definition) is 0. The summed E-state index contributed by atoms with van der Waals surface area (Å²) in [6, 6.07) is 0. The monoisotopic (exact) mass is 201 g/mol. The Morgan fingerprint density at radius 1 is 1.54 bits per heavy atom. The van der Waals surface area contributed by atoms with Gasteiger partial charge < -0.3 is 9.26 Å². The van der Waals surface area contributed by atoms with E-state index in [1.165, 1.54) is 0 Å². The first-order valence-electron chi connectivity index (χ1n) is 4.56. The van der Waals surface area contributed by atoms with Crippen LogP contribution in [0.15, 0.2) is 17.8 Å². The average molecular weight is 201 g/mol. The lowest BCUT2D eigenvalue weighted by Crippen LogP contribution is -2.14. The molecule has 0 aliphatic heterocycles. The Morgan fingerprint density at radius 2 is 2.15 bits per heavy atom. The minimum Gasteiger partial charge on any atom is -0.386 e. The summed E-state index contributed by atoms with van der Waals surface area (Å²) in [5, 5.41) is 3.96. The molecule has 76 valence electrons.